The first kappa shape index (κ1) is 33.1. The molecule has 4 aliphatic carbocycles. The van der Waals surface area contributed by atoms with Crippen LogP contribution in [0.5, 0.6) is 0 Å². The maximum atomic E-state index is 12.0. The summed E-state index contributed by atoms with van der Waals surface area (Å²) in [5.74, 6) is 4.78. The fourth-order valence-electron chi connectivity index (χ4n) is 11.4. The van der Waals surface area contributed by atoms with E-state index >= 15 is 0 Å². The van der Waals surface area contributed by atoms with E-state index in [4.69, 9.17) is 0 Å². The Morgan fingerprint density at radius 1 is 0.805 bits per heavy atom. The number of fused-ring (bicyclic) bond motifs is 5. The van der Waals surface area contributed by atoms with Gasteiger partial charge >= 0.3 is 5.97 Å². The summed E-state index contributed by atoms with van der Waals surface area (Å²) in [7, 11) is 0. The second-order valence-corrected chi connectivity index (χ2v) is 16.2. The lowest BCUT2D eigenvalue weighted by Crippen LogP contribution is -2.53. The van der Waals surface area contributed by atoms with E-state index in [-0.39, 0.29) is 5.92 Å². The molecule has 0 heterocycles. The fraction of sp³-hybridized carbons (Fsp3) is 0.923. The molecule has 4 aliphatic rings. The molecule has 2 nitrogen and oxygen atoms in total. The molecule has 0 aromatic rings. The van der Waals surface area contributed by atoms with E-state index in [0.717, 1.165) is 54.8 Å². The van der Waals surface area contributed by atoms with E-state index in [0.29, 0.717) is 10.8 Å². The first-order valence-electron chi connectivity index (χ1n) is 18.6. The molecule has 9 atom stereocenters. The second-order valence-electron chi connectivity index (χ2n) is 16.2. The van der Waals surface area contributed by atoms with E-state index in [1.54, 1.807) is 0 Å². The third-order valence-corrected chi connectivity index (χ3v) is 13.7. The molecule has 0 aromatic heterocycles. The number of carbonyl (C=O) groups is 1. The van der Waals surface area contributed by atoms with Gasteiger partial charge in [-0.05, 0) is 124 Å². The van der Waals surface area contributed by atoms with Gasteiger partial charge in [0.25, 0.3) is 0 Å². The van der Waals surface area contributed by atoms with Gasteiger partial charge < -0.3 is 5.11 Å². The number of unbranched alkanes of at least 4 members (excludes halogenated alkanes) is 7. The Hall–Kier alpha value is -0.790. The Kier molecular flexibility index (Phi) is 12.3. The topological polar surface area (TPSA) is 37.3 Å². The highest BCUT2D eigenvalue weighted by atomic mass is 16.4. The van der Waals surface area contributed by atoms with Gasteiger partial charge in [0.1, 0.15) is 0 Å². The van der Waals surface area contributed by atoms with E-state index in [1.165, 1.54) is 128 Å². The summed E-state index contributed by atoms with van der Waals surface area (Å²) in [5, 5.41) is 9.84. The van der Waals surface area contributed by atoms with Crippen molar-refractivity contribution in [2.45, 2.75) is 176 Å². The van der Waals surface area contributed by atoms with Crippen LogP contribution in [0.25, 0.3) is 0 Å². The lowest BCUT2D eigenvalue weighted by molar-refractivity contribution is -0.140. The summed E-state index contributed by atoms with van der Waals surface area (Å²) in [4.78, 5) is 12.0. The number of carboxylic acid groups (broad SMARTS) is 1. The van der Waals surface area contributed by atoms with Gasteiger partial charge in [0, 0.05) is 0 Å². The van der Waals surface area contributed by atoms with Crippen molar-refractivity contribution in [3.63, 3.8) is 0 Å². The summed E-state index contributed by atoms with van der Waals surface area (Å²) in [5.41, 5.74) is 2.52. The van der Waals surface area contributed by atoms with Crippen molar-refractivity contribution < 1.29 is 9.90 Å². The molecule has 4 saturated carbocycles. The minimum atomic E-state index is -0.627. The van der Waals surface area contributed by atoms with Crippen molar-refractivity contribution in [2.24, 2.45) is 52.3 Å². The normalized spacial score (nSPS) is 36.7. The summed E-state index contributed by atoms with van der Waals surface area (Å²) in [6.45, 7) is 12.4. The van der Waals surface area contributed by atoms with Crippen molar-refractivity contribution >= 4 is 5.97 Å². The van der Waals surface area contributed by atoms with Crippen LogP contribution in [-0.4, -0.2) is 11.1 Å². The van der Waals surface area contributed by atoms with Crippen LogP contribution in [0.3, 0.4) is 0 Å². The lowest BCUT2D eigenvalue weighted by Gasteiger charge is -2.61. The zero-order chi connectivity index (χ0) is 29.5. The molecule has 0 aliphatic heterocycles. The SMILES string of the molecule is CCCCCCCCCCC(C=C(C)CCC[C@@H](C)[C@H]1CC[C@H]2[C@@H]3CCC4CCCC[C@]4(C)[C@H]3CC[C@]12C)C(=O)O. The molecule has 0 spiro atoms. The molecule has 0 amide bonds. The van der Waals surface area contributed by atoms with Gasteiger partial charge in [-0.1, -0.05) is 110 Å². The molecule has 4 rings (SSSR count). The first-order chi connectivity index (χ1) is 19.7. The van der Waals surface area contributed by atoms with Crippen LogP contribution >= 0.6 is 0 Å². The van der Waals surface area contributed by atoms with E-state index in [9.17, 15) is 9.90 Å². The highest BCUT2D eigenvalue weighted by Crippen LogP contribution is 2.68. The Balaban J connectivity index is 1.22. The Labute approximate surface area is 255 Å². The molecular formula is C39H68O2. The summed E-state index contributed by atoms with van der Waals surface area (Å²) >= 11 is 0. The quantitative estimate of drug-likeness (QED) is 0.148. The Morgan fingerprint density at radius 3 is 2.24 bits per heavy atom. The Bertz CT molecular complexity index is 845. The number of hydrogen-bond acceptors (Lipinski definition) is 1. The standard InChI is InChI=1S/C39H68O2/c1-6-7-8-9-10-11-12-13-19-31(37(40)41)28-29(2)17-16-18-30(3)34-23-24-35-33-22-21-32-20-14-15-26-38(32,4)36(33)25-27-39(34,35)5/h28,30-36H,6-27H2,1-5H3,(H,40,41)/t30-,31?,32?,33+,34-,35+,36+,38+,39-/m1/s1. The highest BCUT2D eigenvalue weighted by molar-refractivity contribution is 5.72. The highest BCUT2D eigenvalue weighted by Gasteiger charge is 2.60. The van der Waals surface area contributed by atoms with Crippen LogP contribution in [0.4, 0.5) is 0 Å². The largest absolute Gasteiger partial charge is 0.481 e. The van der Waals surface area contributed by atoms with Gasteiger partial charge in [0.15, 0.2) is 0 Å². The Morgan fingerprint density at radius 2 is 1.51 bits per heavy atom. The van der Waals surface area contributed by atoms with Gasteiger partial charge in [0.2, 0.25) is 0 Å². The minimum absolute atomic E-state index is 0.293. The van der Waals surface area contributed by atoms with Gasteiger partial charge in [-0.15, -0.1) is 0 Å². The van der Waals surface area contributed by atoms with Crippen LogP contribution in [-0.2, 0) is 4.79 Å². The maximum absolute atomic E-state index is 12.0. The third kappa shape index (κ3) is 7.84. The summed E-state index contributed by atoms with van der Waals surface area (Å²) in [6, 6.07) is 0. The van der Waals surface area contributed by atoms with Gasteiger partial charge in [-0.3, -0.25) is 4.79 Å². The number of rotatable bonds is 16. The molecule has 41 heavy (non-hydrogen) atoms. The van der Waals surface area contributed by atoms with Gasteiger partial charge in [0.05, 0.1) is 5.92 Å². The molecule has 0 bridgehead atoms. The molecule has 2 unspecified atom stereocenters. The third-order valence-electron chi connectivity index (χ3n) is 13.7. The number of aliphatic carboxylic acids is 1. The smallest absolute Gasteiger partial charge is 0.310 e. The van der Waals surface area contributed by atoms with Crippen molar-refractivity contribution in [3.05, 3.63) is 11.6 Å². The predicted octanol–water partition coefficient (Wildman–Crippen LogP) is 12.0. The van der Waals surface area contributed by atoms with Crippen LogP contribution < -0.4 is 0 Å². The lowest BCUT2D eigenvalue weighted by atomic mass is 9.44. The van der Waals surface area contributed by atoms with Gasteiger partial charge in [-0.2, -0.15) is 0 Å². The molecule has 236 valence electrons. The van der Waals surface area contributed by atoms with E-state index in [2.05, 4.69) is 40.7 Å². The molecule has 2 heteroatoms. The average molecular weight is 569 g/mol. The predicted molar refractivity (Wildman–Crippen MR) is 175 cm³/mol. The second kappa shape index (κ2) is 15.3. The minimum Gasteiger partial charge on any atom is -0.481 e. The van der Waals surface area contributed by atoms with Crippen molar-refractivity contribution in [2.75, 3.05) is 0 Å². The number of allylic oxidation sites excluding steroid dienone is 1. The van der Waals surface area contributed by atoms with Crippen LogP contribution in [0, 0.1) is 52.3 Å². The molecular weight excluding hydrogens is 500 g/mol. The fourth-order valence-corrected chi connectivity index (χ4v) is 11.4. The van der Waals surface area contributed by atoms with Crippen LogP contribution in [0.2, 0.25) is 0 Å². The van der Waals surface area contributed by atoms with Crippen molar-refractivity contribution in [3.8, 4) is 0 Å². The average Bonchev–Trinajstić information content (AvgIpc) is 3.30. The summed E-state index contributed by atoms with van der Waals surface area (Å²) < 4.78 is 0. The van der Waals surface area contributed by atoms with Gasteiger partial charge in [-0.25, -0.2) is 0 Å². The van der Waals surface area contributed by atoms with E-state index < -0.39 is 5.97 Å². The zero-order valence-electron chi connectivity index (χ0n) is 28.0. The molecule has 0 aromatic carbocycles. The molecule has 1 N–H and O–H groups in total. The maximum Gasteiger partial charge on any atom is 0.310 e. The van der Waals surface area contributed by atoms with E-state index in [1.807, 2.05) is 0 Å². The summed E-state index contributed by atoms with van der Waals surface area (Å²) in [6.07, 6.45) is 31.6. The van der Waals surface area contributed by atoms with Crippen molar-refractivity contribution in [1.29, 1.82) is 0 Å². The molecule has 0 radical (unpaired) electrons. The molecule has 0 saturated heterocycles. The monoisotopic (exact) mass is 569 g/mol. The first-order valence-corrected chi connectivity index (χ1v) is 18.6. The van der Waals surface area contributed by atoms with Crippen LogP contribution in [0.15, 0.2) is 11.6 Å². The van der Waals surface area contributed by atoms with Crippen molar-refractivity contribution in [1.82, 2.24) is 0 Å². The molecule has 4 fully saturated rings. The number of carboxylic acids is 1. The zero-order valence-corrected chi connectivity index (χ0v) is 28.0. The van der Waals surface area contributed by atoms with Crippen LogP contribution in [0.1, 0.15) is 176 Å². The number of hydrogen-bond donors (Lipinski definition) is 1.